The van der Waals surface area contributed by atoms with E-state index in [9.17, 15) is 5.11 Å². The Kier molecular flexibility index (Phi) is 2.78. The van der Waals surface area contributed by atoms with Crippen molar-refractivity contribution in [1.82, 2.24) is 0 Å². The molecule has 2 rings (SSSR count). The van der Waals surface area contributed by atoms with E-state index in [2.05, 4.69) is 24.3 Å². The van der Waals surface area contributed by atoms with Crippen LogP contribution in [0.5, 0.6) is 0 Å². The highest BCUT2D eigenvalue weighted by Crippen LogP contribution is 2.35. The van der Waals surface area contributed by atoms with Crippen LogP contribution in [0.3, 0.4) is 0 Å². The van der Waals surface area contributed by atoms with E-state index < -0.39 is 6.10 Å². The number of hydrogen-bond donors (Lipinski definition) is 2. The lowest BCUT2D eigenvalue weighted by molar-refractivity contribution is -0.116. The molecule has 0 aromatic heterocycles. The fraction of sp³-hybridized carbons (Fsp3) is 0.500. The second-order valence-electron chi connectivity index (χ2n) is 4.27. The molecule has 0 spiro atoms. The Hall–Kier alpha value is -0.900. The van der Waals surface area contributed by atoms with Crippen LogP contribution in [0.4, 0.5) is 0 Å². The van der Waals surface area contributed by atoms with E-state index in [4.69, 9.17) is 10.5 Å². The van der Waals surface area contributed by atoms with Gasteiger partial charge in [0.25, 0.3) is 0 Å². The van der Waals surface area contributed by atoms with E-state index in [0.29, 0.717) is 13.2 Å². The van der Waals surface area contributed by atoms with Crippen LogP contribution in [-0.4, -0.2) is 31.0 Å². The van der Waals surface area contributed by atoms with Gasteiger partial charge in [0.15, 0.2) is 0 Å². The topological polar surface area (TPSA) is 55.5 Å². The first-order valence-electron chi connectivity index (χ1n) is 5.22. The summed E-state index contributed by atoms with van der Waals surface area (Å²) in [4.78, 5) is 0. The van der Waals surface area contributed by atoms with Crippen molar-refractivity contribution in [2.24, 2.45) is 5.73 Å². The molecule has 3 heteroatoms. The third-order valence-corrected chi connectivity index (χ3v) is 3.21. The van der Waals surface area contributed by atoms with E-state index in [0.717, 1.165) is 5.56 Å². The molecular weight excluding hydrogens is 190 g/mol. The molecule has 1 saturated heterocycles. The van der Waals surface area contributed by atoms with Gasteiger partial charge in [-0.05, 0) is 12.5 Å². The lowest BCUT2D eigenvalue weighted by Gasteiger charge is -2.45. The van der Waals surface area contributed by atoms with E-state index in [1.54, 1.807) is 0 Å². The standard InChI is InChI=1S/C12H17NO2/c1-9-2-4-10(5-3-9)12(7-15-8-12)11(14)6-13/h2-5,11,14H,6-8,13H2,1H3. The molecule has 3 N–H and O–H groups in total. The number of aliphatic hydroxyl groups excluding tert-OH is 1. The summed E-state index contributed by atoms with van der Waals surface area (Å²) in [5, 5.41) is 9.95. The Balaban J connectivity index is 2.30. The molecule has 1 aromatic carbocycles. The molecule has 1 aliphatic heterocycles. The number of rotatable bonds is 3. The molecule has 82 valence electrons. The fourth-order valence-corrected chi connectivity index (χ4v) is 1.98. The van der Waals surface area contributed by atoms with Gasteiger partial charge in [-0.3, -0.25) is 0 Å². The summed E-state index contributed by atoms with van der Waals surface area (Å²) >= 11 is 0. The molecule has 0 amide bonds. The first-order chi connectivity index (χ1) is 7.19. The van der Waals surface area contributed by atoms with Crippen LogP contribution in [0.2, 0.25) is 0 Å². The van der Waals surface area contributed by atoms with Crippen molar-refractivity contribution in [1.29, 1.82) is 0 Å². The summed E-state index contributed by atoms with van der Waals surface area (Å²) in [6.45, 7) is 3.45. The highest BCUT2D eigenvalue weighted by molar-refractivity contribution is 5.32. The maximum absolute atomic E-state index is 9.95. The number of benzene rings is 1. The van der Waals surface area contributed by atoms with Gasteiger partial charge in [0.2, 0.25) is 0 Å². The lowest BCUT2D eigenvalue weighted by Crippen LogP contribution is -2.57. The average Bonchev–Trinajstić information content (AvgIpc) is 2.19. The highest BCUT2D eigenvalue weighted by atomic mass is 16.5. The summed E-state index contributed by atoms with van der Waals surface area (Å²) in [6, 6.07) is 8.21. The van der Waals surface area contributed by atoms with Crippen LogP contribution in [0.25, 0.3) is 0 Å². The zero-order chi connectivity index (χ0) is 10.9. The van der Waals surface area contributed by atoms with E-state index in [-0.39, 0.29) is 12.0 Å². The molecular formula is C12H17NO2. The normalized spacial score (nSPS) is 20.7. The number of aryl methyl sites for hydroxylation is 1. The zero-order valence-electron chi connectivity index (χ0n) is 8.94. The van der Waals surface area contributed by atoms with Crippen LogP contribution in [0.15, 0.2) is 24.3 Å². The van der Waals surface area contributed by atoms with E-state index >= 15 is 0 Å². The van der Waals surface area contributed by atoms with Gasteiger partial charge in [-0.1, -0.05) is 29.8 Å². The SMILES string of the molecule is Cc1ccc(C2(C(O)CN)COC2)cc1. The van der Waals surface area contributed by atoms with Gasteiger partial charge in [-0.15, -0.1) is 0 Å². The van der Waals surface area contributed by atoms with E-state index in [1.165, 1.54) is 5.56 Å². The summed E-state index contributed by atoms with van der Waals surface area (Å²) < 4.78 is 5.23. The molecule has 1 unspecified atom stereocenters. The third kappa shape index (κ3) is 1.67. The largest absolute Gasteiger partial charge is 0.391 e. The monoisotopic (exact) mass is 207 g/mol. The Morgan fingerprint density at radius 3 is 2.40 bits per heavy atom. The maximum atomic E-state index is 9.95. The smallest absolute Gasteiger partial charge is 0.0803 e. The molecule has 0 radical (unpaired) electrons. The van der Waals surface area contributed by atoms with Crippen LogP contribution in [0, 0.1) is 6.92 Å². The first-order valence-corrected chi connectivity index (χ1v) is 5.22. The number of nitrogens with two attached hydrogens (primary N) is 1. The maximum Gasteiger partial charge on any atom is 0.0803 e. The quantitative estimate of drug-likeness (QED) is 0.762. The molecule has 1 atom stereocenters. The Bertz CT molecular complexity index is 330. The molecule has 3 nitrogen and oxygen atoms in total. The Morgan fingerprint density at radius 2 is 2.00 bits per heavy atom. The average molecular weight is 207 g/mol. The summed E-state index contributed by atoms with van der Waals surface area (Å²) in [5.41, 5.74) is 7.60. The van der Waals surface area contributed by atoms with Crippen LogP contribution in [0.1, 0.15) is 11.1 Å². The fourth-order valence-electron chi connectivity index (χ4n) is 1.98. The third-order valence-electron chi connectivity index (χ3n) is 3.21. The zero-order valence-corrected chi connectivity index (χ0v) is 8.94. The summed E-state index contributed by atoms with van der Waals surface area (Å²) in [7, 11) is 0. The molecule has 1 aliphatic rings. The van der Waals surface area contributed by atoms with Gasteiger partial charge in [0.1, 0.15) is 0 Å². The summed E-state index contributed by atoms with van der Waals surface area (Å²) in [6.07, 6.45) is -0.519. The molecule has 1 heterocycles. The minimum absolute atomic E-state index is 0.275. The summed E-state index contributed by atoms with van der Waals surface area (Å²) in [5.74, 6) is 0. The van der Waals surface area contributed by atoms with Crippen LogP contribution in [-0.2, 0) is 10.2 Å². The second-order valence-corrected chi connectivity index (χ2v) is 4.27. The van der Waals surface area contributed by atoms with Crippen LogP contribution < -0.4 is 5.73 Å². The van der Waals surface area contributed by atoms with Crippen molar-refractivity contribution in [2.75, 3.05) is 19.8 Å². The first kappa shape index (κ1) is 10.6. The highest BCUT2D eigenvalue weighted by Gasteiger charge is 2.45. The number of hydrogen-bond acceptors (Lipinski definition) is 3. The number of aliphatic hydroxyl groups is 1. The molecule has 1 fully saturated rings. The molecule has 0 aliphatic carbocycles. The molecule has 0 saturated carbocycles. The van der Waals surface area contributed by atoms with Gasteiger partial charge in [0.05, 0.1) is 24.7 Å². The van der Waals surface area contributed by atoms with Crippen molar-refractivity contribution in [2.45, 2.75) is 18.4 Å². The van der Waals surface area contributed by atoms with E-state index in [1.807, 2.05) is 6.92 Å². The predicted octanol–water partition coefficient (Wildman–Crippen LogP) is 0.583. The lowest BCUT2D eigenvalue weighted by atomic mass is 9.73. The van der Waals surface area contributed by atoms with Gasteiger partial charge in [0, 0.05) is 6.54 Å². The van der Waals surface area contributed by atoms with Crippen molar-refractivity contribution in [3.8, 4) is 0 Å². The molecule has 15 heavy (non-hydrogen) atoms. The van der Waals surface area contributed by atoms with Gasteiger partial charge < -0.3 is 15.6 Å². The van der Waals surface area contributed by atoms with Crippen LogP contribution >= 0.6 is 0 Å². The minimum atomic E-state index is -0.519. The number of ether oxygens (including phenoxy) is 1. The minimum Gasteiger partial charge on any atom is -0.391 e. The van der Waals surface area contributed by atoms with Gasteiger partial charge >= 0.3 is 0 Å². The molecule has 0 bridgehead atoms. The van der Waals surface area contributed by atoms with Gasteiger partial charge in [-0.2, -0.15) is 0 Å². The van der Waals surface area contributed by atoms with Gasteiger partial charge in [-0.25, -0.2) is 0 Å². The van der Waals surface area contributed by atoms with Crippen molar-refractivity contribution >= 4 is 0 Å². The Labute approximate surface area is 89.9 Å². The van der Waals surface area contributed by atoms with Crippen molar-refractivity contribution in [3.63, 3.8) is 0 Å². The van der Waals surface area contributed by atoms with Crippen molar-refractivity contribution < 1.29 is 9.84 Å². The van der Waals surface area contributed by atoms with Crippen molar-refractivity contribution in [3.05, 3.63) is 35.4 Å². The Morgan fingerprint density at radius 1 is 1.40 bits per heavy atom. The second kappa shape index (κ2) is 3.93. The molecule has 1 aromatic rings. The predicted molar refractivity (Wildman–Crippen MR) is 58.7 cm³/mol.